The van der Waals surface area contributed by atoms with Crippen LogP contribution < -0.4 is 5.32 Å². The lowest BCUT2D eigenvalue weighted by atomic mass is 10.0. The van der Waals surface area contributed by atoms with Gasteiger partial charge < -0.3 is 10.4 Å². The number of halogens is 2. The molecule has 2 rings (SSSR count). The maximum Gasteiger partial charge on any atom is 0.326 e. The van der Waals surface area contributed by atoms with E-state index in [1.165, 1.54) is 0 Å². The number of aryl methyl sites for hydroxylation is 2. The second kappa shape index (κ2) is 7.69. The van der Waals surface area contributed by atoms with E-state index in [9.17, 15) is 14.7 Å². The third-order valence-corrected chi connectivity index (χ3v) is 4.27. The Morgan fingerprint density at radius 2 is 1.62 bits per heavy atom. The third-order valence-electron chi connectivity index (χ3n) is 3.56. The lowest BCUT2D eigenvalue weighted by Gasteiger charge is -2.17. The highest BCUT2D eigenvalue weighted by molar-refractivity contribution is 6.36. The molecule has 0 radical (unpaired) electrons. The Balaban J connectivity index is 2.22. The molecule has 0 saturated heterocycles. The fraction of sp³-hybridized carbons (Fsp3) is 0.222. The predicted octanol–water partition coefficient (Wildman–Crippen LogP) is 4.04. The molecule has 0 aliphatic carbocycles. The second-order valence-corrected chi connectivity index (χ2v) is 6.46. The summed E-state index contributed by atoms with van der Waals surface area (Å²) in [6, 6.07) is 9.18. The van der Waals surface area contributed by atoms with Crippen molar-refractivity contribution >= 4 is 35.1 Å². The number of amides is 1. The van der Waals surface area contributed by atoms with Crippen LogP contribution in [0, 0.1) is 13.8 Å². The third kappa shape index (κ3) is 4.49. The molecule has 0 aliphatic rings. The van der Waals surface area contributed by atoms with Crippen molar-refractivity contribution in [3.63, 3.8) is 0 Å². The molecule has 0 bridgehead atoms. The summed E-state index contributed by atoms with van der Waals surface area (Å²) in [5.41, 5.74) is 2.78. The van der Waals surface area contributed by atoms with E-state index in [-0.39, 0.29) is 6.42 Å². The molecule has 0 spiro atoms. The minimum Gasteiger partial charge on any atom is -0.480 e. The Bertz CT molecular complexity index is 749. The van der Waals surface area contributed by atoms with E-state index in [0.29, 0.717) is 21.2 Å². The van der Waals surface area contributed by atoms with E-state index in [1.807, 2.05) is 19.9 Å². The SMILES string of the molecule is Cc1cc(C)cc(C(=O)N[C@@H](Cc2c(Cl)cccc2Cl)C(=O)O)c1. The topological polar surface area (TPSA) is 66.4 Å². The smallest absolute Gasteiger partial charge is 0.326 e. The first-order valence-corrected chi connectivity index (χ1v) is 8.08. The Morgan fingerprint density at radius 3 is 2.12 bits per heavy atom. The number of carboxylic acid groups (broad SMARTS) is 1. The number of rotatable bonds is 5. The molecule has 4 nitrogen and oxygen atoms in total. The lowest BCUT2D eigenvalue weighted by molar-refractivity contribution is -0.139. The highest BCUT2D eigenvalue weighted by Crippen LogP contribution is 2.25. The summed E-state index contributed by atoms with van der Waals surface area (Å²) in [5.74, 6) is -1.60. The van der Waals surface area contributed by atoms with Gasteiger partial charge in [0, 0.05) is 22.0 Å². The molecule has 2 aromatic rings. The molecular formula is C18H17Cl2NO3. The summed E-state index contributed by atoms with van der Waals surface area (Å²) >= 11 is 12.2. The van der Waals surface area contributed by atoms with Gasteiger partial charge in [-0.15, -0.1) is 0 Å². The van der Waals surface area contributed by atoms with E-state index >= 15 is 0 Å². The van der Waals surface area contributed by atoms with Crippen molar-refractivity contribution in [2.75, 3.05) is 0 Å². The quantitative estimate of drug-likeness (QED) is 0.840. The van der Waals surface area contributed by atoms with Crippen LogP contribution in [-0.2, 0) is 11.2 Å². The normalized spacial score (nSPS) is 11.8. The molecular weight excluding hydrogens is 349 g/mol. The largest absolute Gasteiger partial charge is 0.480 e. The van der Waals surface area contributed by atoms with Crippen LogP contribution >= 0.6 is 23.2 Å². The van der Waals surface area contributed by atoms with Crippen molar-refractivity contribution < 1.29 is 14.7 Å². The summed E-state index contributed by atoms with van der Waals surface area (Å²) in [6.07, 6.45) is 0.00434. The highest BCUT2D eigenvalue weighted by Gasteiger charge is 2.23. The summed E-state index contributed by atoms with van der Waals surface area (Å²) < 4.78 is 0. The molecule has 126 valence electrons. The van der Waals surface area contributed by atoms with Crippen LogP contribution in [0.4, 0.5) is 0 Å². The number of benzene rings is 2. The van der Waals surface area contributed by atoms with Gasteiger partial charge in [0.1, 0.15) is 6.04 Å². The van der Waals surface area contributed by atoms with Gasteiger partial charge in [-0.05, 0) is 43.7 Å². The van der Waals surface area contributed by atoms with Gasteiger partial charge in [-0.1, -0.05) is 46.5 Å². The van der Waals surface area contributed by atoms with Crippen molar-refractivity contribution in [1.82, 2.24) is 5.32 Å². The molecule has 0 heterocycles. The average Bonchev–Trinajstić information content (AvgIpc) is 2.48. The van der Waals surface area contributed by atoms with E-state index in [0.717, 1.165) is 11.1 Å². The van der Waals surface area contributed by atoms with Crippen molar-refractivity contribution in [2.24, 2.45) is 0 Å². The molecule has 1 atom stereocenters. The van der Waals surface area contributed by atoms with Gasteiger partial charge >= 0.3 is 5.97 Å². The molecule has 0 fully saturated rings. The predicted molar refractivity (Wildman–Crippen MR) is 95.0 cm³/mol. The van der Waals surface area contributed by atoms with Crippen LogP contribution in [-0.4, -0.2) is 23.0 Å². The van der Waals surface area contributed by atoms with E-state index in [4.69, 9.17) is 23.2 Å². The van der Waals surface area contributed by atoms with Gasteiger partial charge in [-0.2, -0.15) is 0 Å². The van der Waals surface area contributed by atoms with Gasteiger partial charge in [-0.3, -0.25) is 4.79 Å². The molecule has 2 aromatic carbocycles. The fourth-order valence-electron chi connectivity index (χ4n) is 2.48. The zero-order valence-electron chi connectivity index (χ0n) is 13.3. The summed E-state index contributed by atoms with van der Waals surface area (Å²) in [4.78, 5) is 23.9. The number of carbonyl (C=O) groups is 2. The van der Waals surface area contributed by atoms with Crippen LogP contribution in [0.2, 0.25) is 10.0 Å². The Kier molecular flexibility index (Phi) is 5.86. The van der Waals surface area contributed by atoms with E-state index < -0.39 is 17.9 Å². The molecule has 6 heteroatoms. The number of hydrogen-bond donors (Lipinski definition) is 2. The van der Waals surface area contributed by atoms with Crippen LogP contribution in [0.25, 0.3) is 0 Å². The standard InChI is InChI=1S/C18H17Cl2NO3/c1-10-6-11(2)8-12(7-10)17(22)21-16(18(23)24)9-13-14(19)4-3-5-15(13)20/h3-8,16H,9H2,1-2H3,(H,21,22)(H,23,24)/t16-/m0/s1. The van der Waals surface area contributed by atoms with Crippen LogP contribution in [0.3, 0.4) is 0 Å². The van der Waals surface area contributed by atoms with Crippen molar-refractivity contribution in [3.8, 4) is 0 Å². The van der Waals surface area contributed by atoms with Gasteiger partial charge in [0.25, 0.3) is 5.91 Å². The first-order chi connectivity index (χ1) is 11.3. The van der Waals surface area contributed by atoms with Crippen LogP contribution in [0.5, 0.6) is 0 Å². The van der Waals surface area contributed by atoms with Crippen molar-refractivity contribution in [3.05, 3.63) is 68.7 Å². The fourth-order valence-corrected chi connectivity index (χ4v) is 3.03. The lowest BCUT2D eigenvalue weighted by Crippen LogP contribution is -2.42. The maximum atomic E-state index is 12.4. The van der Waals surface area contributed by atoms with Crippen molar-refractivity contribution in [1.29, 1.82) is 0 Å². The average molecular weight is 366 g/mol. The molecule has 0 aromatic heterocycles. The number of aliphatic carboxylic acids is 1. The van der Waals surface area contributed by atoms with Gasteiger partial charge in [0.15, 0.2) is 0 Å². The first-order valence-electron chi connectivity index (χ1n) is 7.33. The monoisotopic (exact) mass is 365 g/mol. The molecule has 0 aliphatic heterocycles. The zero-order chi connectivity index (χ0) is 17.9. The minimum atomic E-state index is -1.15. The van der Waals surface area contributed by atoms with Gasteiger partial charge in [-0.25, -0.2) is 4.79 Å². The van der Waals surface area contributed by atoms with Crippen LogP contribution in [0.1, 0.15) is 27.0 Å². The molecule has 0 saturated carbocycles. The number of nitrogens with one attached hydrogen (secondary N) is 1. The number of carbonyl (C=O) groups excluding carboxylic acids is 1. The van der Waals surface area contributed by atoms with Gasteiger partial charge in [0.2, 0.25) is 0 Å². The summed E-state index contributed by atoms with van der Waals surface area (Å²) in [6.45, 7) is 3.75. The van der Waals surface area contributed by atoms with Crippen molar-refractivity contribution in [2.45, 2.75) is 26.3 Å². The Hall–Kier alpha value is -2.04. The van der Waals surface area contributed by atoms with E-state index in [1.54, 1.807) is 30.3 Å². The molecule has 2 N–H and O–H groups in total. The maximum absolute atomic E-state index is 12.4. The number of carboxylic acids is 1. The summed E-state index contributed by atoms with van der Waals surface area (Å²) in [7, 11) is 0. The van der Waals surface area contributed by atoms with Crippen LogP contribution in [0.15, 0.2) is 36.4 Å². The zero-order valence-corrected chi connectivity index (χ0v) is 14.8. The second-order valence-electron chi connectivity index (χ2n) is 5.65. The van der Waals surface area contributed by atoms with E-state index in [2.05, 4.69) is 5.32 Å². The molecule has 1 amide bonds. The Morgan fingerprint density at radius 1 is 1.08 bits per heavy atom. The highest BCUT2D eigenvalue weighted by atomic mass is 35.5. The van der Waals surface area contributed by atoms with Gasteiger partial charge in [0.05, 0.1) is 0 Å². The number of hydrogen-bond acceptors (Lipinski definition) is 2. The summed E-state index contributed by atoms with van der Waals surface area (Å²) in [5, 5.41) is 12.7. The molecule has 0 unspecified atom stereocenters. The minimum absolute atomic E-state index is 0.00434. The Labute approximate surface area is 150 Å². The molecule has 24 heavy (non-hydrogen) atoms. The first kappa shape index (κ1) is 18.3.